The Labute approximate surface area is 140 Å². The SMILES string of the molecule is CCOc1ccc(-c2cc3c(SCC(C)C)nccn3n2)cc1. The largest absolute Gasteiger partial charge is 0.494 e. The predicted octanol–water partition coefficient (Wildman–Crippen LogP) is 4.54. The van der Waals surface area contributed by atoms with E-state index in [4.69, 9.17) is 4.74 Å². The molecule has 4 nitrogen and oxygen atoms in total. The maximum atomic E-state index is 5.49. The summed E-state index contributed by atoms with van der Waals surface area (Å²) >= 11 is 1.78. The second kappa shape index (κ2) is 7.04. The van der Waals surface area contributed by atoms with E-state index in [1.165, 1.54) is 0 Å². The fourth-order valence-corrected chi connectivity index (χ4v) is 3.21. The molecule has 0 N–H and O–H groups in total. The van der Waals surface area contributed by atoms with Crippen LogP contribution in [-0.2, 0) is 0 Å². The molecule has 2 aromatic heterocycles. The average Bonchev–Trinajstić information content (AvgIpc) is 2.98. The number of nitrogens with zero attached hydrogens (tertiary/aromatic N) is 3. The minimum atomic E-state index is 0.635. The molecular formula is C18H21N3OS. The van der Waals surface area contributed by atoms with Crippen molar-refractivity contribution in [1.82, 2.24) is 14.6 Å². The van der Waals surface area contributed by atoms with Gasteiger partial charge in [0.2, 0.25) is 0 Å². The molecule has 0 radical (unpaired) electrons. The first-order valence-corrected chi connectivity index (χ1v) is 8.86. The minimum absolute atomic E-state index is 0.635. The van der Waals surface area contributed by atoms with Crippen molar-refractivity contribution in [2.45, 2.75) is 25.8 Å². The van der Waals surface area contributed by atoms with Crippen LogP contribution in [0.15, 0.2) is 47.8 Å². The molecule has 0 bridgehead atoms. The van der Waals surface area contributed by atoms with E-state index in [-0.39, 0.29) is 0 Å². The molecule has 0 saturated heterocycles. The van der Waals surface area contributed by atoms with Crippen LogP contribution in [-0.4, -0.2) is 27.0 Å². The molecule has 23 heavy (non-hydrogen) atoms. The summed E-state index contributed by atoms with van der Waals surface area (Å²) in [6.45, 7) is 7.10. The second-order valence-corrected chi connectivity index (χ2v) is 6.76. The van der Waals surface area contributed by atoms with Crippen LogP contribution in [0.4, 0.5) is 0 Å². The van der Waals surface area contributed by atoms with Gasteiger partial charge in [0.05, 0.1) is 17.8 Å². The normalized spacial score (nSPS) is 11.3. The summed E-state index contributed by atoms with van der Waals surface area (Å²) in [5.74, 6) is 2.57. The van der Waals surface area contributed by atoms with Crippen LogP contribution >= 0.6 is 11.8 Å². The lowest BCUT2D eigenvalue weighted by atomic mass is 10.1. The van der Waals surface area contributed by atoms with Gasteiger partial charge in [-0.05, 0) is 43.2 Å². The van der Waals surface area contributed by atoms with E-state index in [9.17, 15) is 0 Å². The standard InChI is InChI=1S/C18H21N3OS/c1-4-22-15-7-5-14(6-8-15)16-11-17-18(23-12-13(2)3)19-9-10-21(17)20-16/h5-11,13H,4,12H2,1-3H3. The number of rotatable bonds is 6. The van der Waals surface area contributed by atoms with Crippen LogP contribution in [0.5, 0.6) is 5.75 Å². The highest BCUT2D eigenvalue weighted by atomic mass is 32.2. The van der Waals surface area contributed by atoms with Gasteiger partial charge >= 0.3 is 0 Å². The van der Waals surface area contributed by atoms with Crippen LogP contribution in [0.25, 0.3) is 16.8 Å². The lowest BCUT2D eigenvalue weighted by molar-refractivity contribution is 0.340. The first kappa shape index (κ1) is 15.9. The summed E-state index contributed by atoms with van der Waals surface area (Å²) in [4.78, 5) is 4.51. The molecule has 2 heterocycles. The summed E-state index contributed by atoms with van der Waals surface area (Å²) in [5, 5.41) is 5.70. The fraction of sp³-hybridized carbons (Fsp3) is 0.333. The molecule has 1 aromatic carbocycles. The Kier molecular flexibility index (Phi) is 4.86. The molecule has 0 spiro atoms. The van der Waals surface area contributed by atoms with Crippen LogP contribution in [0.2, 0.25) is 0 Å². The quantitative estimate of drug-likeness (QED) is 0.623. The van der Waals surface area contributed by atoms with E-state index in [1.807, 2.05) is 48.1 Å². The zero-order valence-corrected chi connectivity index (χ0v) is 14.5. The maximum absolute atomic E-state index is 5.49. The van der Waals surface area contributed by atoms with Gasteiger partial charge in [0.15, 0.2) is 0 Å². The highest BCUT2D eigenvalue weighted by Gasteiger charge is 2.10. The van der Waals surface area contributed by atoms with Gasteiger partial charge in [0.25, 0.3) is 0 Å². The maximum Gasteiger partial charge on any atom is 0.122 e. The molecule has 0 aliphatic carbocycles. The fourth-order valence-electron chi connectivity index (χ4n) is 2.28. The predicted molar refractivity (Wildman–Crippen MR) is 95.2 cm³/mol. The van der Waals surface area contributed by atoms with Crippen LogP contribution in [0.1, 0.15) is 20.8 Å². The smallest absolute Gasteiger partial charge is 0.122 e. The van der Waals surface area contributed by atoms with E-state index < -0.39 is 0 Å². The number of fused-ring (bicyclic) bond motifs is 1. The molecule has 0 fully saturated rings. The number of benzene rings is 1. The molecule has 120 valence electrons. The molecule has 0 saturated carbocycles. The number of thioether (sulfide) groups is 1. The van der Waals surface area contributed by atoms with E-state index in [0.29, 0.717) is 12.5 Å². The zero-order valence-electron chi connectivity index (χ0n) is 13.7. The highest BCUT2D eigenvalue weighted by Crippen LogP contribution is 2.27. The average molecular weight is 327 g/mol. The van der Waals surface area contributed by atoms with Crippen molar-refractivity contribution >= 4 is 17.3 Å². The summed E-state index contributed by atoms with van der Waals surface area (Å²) < 4.78 is 7.39. The van der Waals surface area contributed by atoms with Gasteiger partial charge in [0, 0.05) is 23.7 Å². The Balaban J connectivity index is 1.91. The second-order valence-electron chi connectivity index (χ2n) is 5.75. The lowest BCUT2D eigenvalue weighted by Crippen LogP contribution is -1.94. The van der Waals surface area contributed by atoms with Crippen molar-refractivity contribution in [2.24, 2.45) is 5.92 Å². The number of aromatic nitrogens is 3. The van der Waals surface area contributed by atoms with E-state index in [0.717, 1.165) is 33.3 Å². The third kappa shape index (κ3) is 3.67. The third-order valence-electron chi connectivity index (χ3n) is 3.37. The molecule has 3 rings (SSSR count). The Morgan fingerprint density at radius 3 is 2.70 bits per heavy atom. The van der Waals surface area contributed by atoms with Crippen LogP contribution in [0.3, 0.4) is 0 Å². The van der Waals surface area contributed by atoms with Crippen molar-refractivity contribution in [2.75, 3.05) is 12.4 Å². The van der Waals surface area contributed by atoms with Gasteiger partial charge in [-0.3, -0.25) is 0 Å². The van der Waals surface area contributed by atoms with Gasteiger partial charge in [-0.25, -0.2) is 9.50 Å². The number of ether oxygens (including phenoxy) is 1. The molecule has 5 heteroatoms. The summed E-state index contributed by atoms with van der Waals surface area (Å²) in [7, 11) is 0. The number of hydrogen-bond acceptors (Lipinski definition) is 4. The van der Waals surface area contributed by atoms with Crippen molar-refractivity contribution in [3.63, 3.8) is 0 Å². The van der Waals surface area contributed by atoms with Crippen molar-refractivity contribution < 1.29 is 4.74 Å². The van der Waals surface area contributed by atoms with Gasteiger partial charge < -0.3 is 4.74 Å². The monoisotopic (exact) mass is 327 g/mol. The van der Waals surface area contributed by atoms with Gasteiger partial charge in [-0.1, -0.05) is 13.8 Å². The highest BCUT2D eigenvalue weighted by molar-refractivity contribution is 7.99. The molecule has 0 amide bonds. The summed E-state index contributed by atoms with van der Waals surface area (Å²) in [5.41, 5.74) is 3.09. The first-order valence-electron chi connectivity index (χ1n) is 7.87. The molecule has 0 aliphatic heterocycles. The van der Waals surface area contributed by atoms with Gasteiger partial charge in [-0.2, -0.15) is 5.10 Å². The molecular weight excluding hydrogens is 306 g/mol. The first-order chi connectivity index (χ1) is 11.2. The van der Waals surface area contributed by atoms with Crippen molar-refractivity contribution in [3.8, 4) is 17.0 Å². The lowest BCUT2D eigenvalue weighted by Gasteiger charge is -2.04. The molecule has 0 unspecified atom stereocenters. The molecule has 0 atom stereocenters. The Morgan fingerprint density at radius 1 is 1.22 bits per heavy atom. The topological polar surface area (TPSA) is 39.4 Å². The zero-order chi connectivity index (χ0) is 16.2. The van der Waals surface area contributed by atoms with E-state index >= 15 is 0 Å². The minimum Gasteiger partial charge on any atom is -0.494 e. The van der Waals surface area contributed by atoms with E-state index in [1.54, 1.807) is 11.8 Å². The van der Waals surface area contributed by atoms with Crippen molar-refractivity contribution in [3.05, 3.63) is 42.7 Å². The van der Waals surface area contributed by atoms with Gasteiger partial charge in [-0.15, -0.1) is 11.8 Å². The Morgan fingerprint density at radius 2 is 2.00 bits per heavy atom. The van der Waals surface area contributed by atoms with Crippen molar-refractivity contribution in [1.29, 1.82) is 0 Å². The van der Waals surface area contributed by atoms with Gasteiger partial charge in [0.1, 0.15) is 10.8 Å². The van der Waals surface area contributed by atoms with Crippen LogP contribution < -0.4 is 4.74 Å². The third-order valence-corrected chi connectivity index (χ3v) is 4.79. The van der Waals surface area contributed by atoms with E-state index in [2.05, 4.69) is 30.0 Å². The summed E-state index contributed by atoms with van der Waals surface area (Å²) in [6, 6.07) is 10.2. The summed E-state index contributed by atoms with van der Waals surface area (Å²) in [6.07, 6.45) is 3.71. The molecule has 0 aliphatic rings. The molecule has 3 aromatic rings. The Hall–Kier alpha value is -2.01. The Bertz CT molecular complexity index is 781. The number of hydrogen-bond donors (Lipinski definition) is 0. The van der Waals surface area contributed by atoms with Crippen LogP contribution in [0, 0.1) is 5.92 Å².